The van der Waals surface area contributed by atoms with Crippen LogP contribution in [0.15, 0.2) is 36.4 Å². The number of aliphatic carboxylic acids is 1. The van der Waals surface area contributed by atoms with Crippen molar-refractivity contribution in [2.45, 2.75) is 44.9 Å². The number of rotatable bonds is 5. The first-order valence-corrected chi connectivity index (χ1v) is 10.7. The predicted molar refractivity (Wildman–Crippen MR) is 116 cm³/mol. The zero-order valence-electron chi connectivity index (χ0n) is 17.1. The summed E-state index contributed by atoms with van der Waals surface area (Å²) in [5.41, 5.74) is 1.20. The molecule has 1 aromatic heterocycles. The first-order valence-electron chi connectivity index (χ1n) is 10.3. The molecule has 5 nitrogen and oxygen atoms in total. The van der Waals surface area contributed by atoms with Crippen molar-refractivity contribution in [2.75, 3.05) is 0 Å². The Hall–Kier alpha value is -2.86. The van der Waals surface area contributed by atoms with E-state index in [1.807, 2.05) is 0 Å². The van der Waals surface area contributed by atoms with Gasteiger partial charge < -0.3 is 10.2 Å². The van der Waals surface area contributed by atoms with Crippen molar-refractivity contribution in [1.82, 2.24) is 4.57 Å². The predicted octanol–water partition coefficient (Wildman–Crippen LogP) is 5.88. The van der Waals surface area contributed by atoms with Crippen LogP contribution < -0.4 is 0 Å². The molecule has 1 aliphatic carbocycles. The Morgan fingerprint density at radius 2 is 1.81 bits per heavy atom. The van der Waals surface area contributed by atoms with E-state index in [2.05, 4.69) is 0 Å². The van der Waals surface area contributed by atoms with Crippen LogP contribution in [0.5, 0.6) is 5.75 Å². The SMILES string of the molecule is Cc1c([C@H](CC2CCCC2)C(=O)O)c2c(F)c(O)ccc2n1C(=O)c1ccc(Cl)cc1. The highest BCUT2D eigenvalue weighted by Gasteiger charge is 2.34. The molecule has 1 atom stereocenters. The number of hydrogen-bond donors (Lipinski definition) is 2. The van der Waals surface area contributed by atoms with Crippen LogP contribution in [0, 0.1) is 18.7 Å². The molecule has 0 spiro atoms. The summed E-state index contributed by atoms with van der Waals surface area (Å²) >= 11 is 5.93. The molecule has 2 aromatic carbocycles. The number of phenolic OH excluding ortho intramolecular Hbond substituents is 1. The summed E-state index contributed by atoms with van der Waals surface area (Å²) in [7, 11) is 0. The molecule has 0 unspecified atom stereocenters. The number of hydrogen-bond acceptors (Lipinski definition) is 3. The summed E-state index contributed by atoms with van der Waals surface area (Å²) in [6.07, 6.45) is 4.38. The largest absolute Gasteiger partial charge is 0.505 e. The van der Waals surface area contributed by atoms with Crippen molar-refractivity contribution < 1.29 is 24.2 Å². The quantitative estimate of drug-likeness (QED) is 0.515. The lowest BCUT2D eigenvalue weighted by molar-refractivity contribution is -0.139. The highest BCUT2D eigenvalue weighted by molar-refractivity contribution is 6.30. The van der Waals surface area contributed by atoms with Crippen LogP contribution in [0.25, 0.3) is 10.9 Å². The van der Waals surface area contributed by atoms with Gasteiger partial charge in [-0.2, -0.15) is 0 Å². The summed E-state index contributed by atoms with van der Waals surface area (Å²) in [5.74, 6) is -3.69. The van der Waals surface area contributed by atoms with Crippen molar-refractivity contribution in [3.05, 3.63) is 64.1 Å². The standard InChI is InChI=1S/C24H23ClFNO4/c1-13-20(17(24(30)31)12-14-4-2-3-5-14)21-18(10-11-19(28)22(21)26)27(13)23(29)15-6-8-16(25)9-7-15/h6-11,14,17,28H,2-5,12H2,1H3,(H,30,31)/t17-/m0/s1. The van der Waals surface area contributed by atoms with Gasteiger partial charge in [0.1, 0.15) is 0 Å². The zero-order valence-corrected chi connectivity index (χ0v) is 17.8. The Balaban J connectivity index is 1.93. The average molecular weight is 444 g/mol. The summed E-state index contributed by atoms with van der Waals surface area (Å²) in [6, 6.07) is 8.94. The Bertz CT molecular complexity index is 1160. The van der Waals surface area contributed by atoms with E-state index in [0.29, 0.717) is 22.7 Å². The van der Waals surface area contributed by atoms with Gasteiger partial charge in [-0.25, -0.2) is 4.39 Å². The monoisotopic (exact) mass is 443 g/mol. The third-order valence-corrected chi connectivity index (χ3v) is 6.57. The lowest BCUT2D eigenvalue weighted by Gasteiger charge is -2.18. The topological polar surface area (TPSA) is 79.5 Å². The molecule has 0 aliphatic heterocycles. The van der Waals surface area contributed by atoms with Crippen molar-refractivity contribution >= 4 is 34.4 Å². The van der Waals surface area contributed by atoms with Crippen LogP contribution in [0.3, 0.4) is 0 Å². The number of fused-ring (bicyclic) bond motifs is 1. The summed E-state index contributed by atoms with van der Waals surface area (Å²) < 4.78 is 16.5. The van der Waals surface area contributed by atoms with E-state index in [1.165, 1.54) is 16.7 Å². The Morgan fingerprint density at radius 1 is 1.16 bits per heavy atom. The fourth-order valence-electron chi connectivity index (χ4n) is 4.81. The molecule has 0 saturated heterocycles. The van der Waals surface area contributed by atoms with Gasteiger partial charge in [-0.3, -0.25) is 14.2 Å². The summed E-state index contributed by atoms with van der Waals surface area (Å²) in [6.45, 7) is 1.63. The van der Waals surface area contributed by atoms with E-state index in [1.54, 1.807) is 31.2 Å². The number of carbonyl (C=O) groups excluding carboxylic acids is 1. The zero-order chi connectivity index (χ0) is 22.3. The molecule has 4 rings (SSSR count). The van der Waals surface area contributed by atoms with Crippen molar-refractivity contribution in [3.8, 4) is 5.75 Å². The molecule has 1 aliphatic rings. The minimum Gasteiger partial charge on any atom is -0.505 e. The first kappa shape index (κ1) is 21.4. The fraction of sp³-hybridized carbons (Fsp3) is 0.333. The Morgan fingerprint density at radius 3 is 2.42 bits per heavy atom. The van der Waals surface area contributed by atoms with Gasteiger partial charge >= 0.3 is 5.97 Å². The third-order valence-electron chi connectivity index (χ3n) is 6.32. The van der Waals surface area contributed by atoms with E-state index in [-0.39, 0.29) is 22.4 Å². The molecule has 1 saturated carbocycles. The lowest BCUT2D eigenvalue weighted by atomic mass is 9.86. The normalized spacial score (nSPS) is 15.5. The third kappa shape index (κ3) is 3.81. The van der Waals surface area contributed by atoms with Crippen LogP contribution in [-0.2, 0) is 4.79 Å². The van der Waals surface area contributed by atoms with Gasteiger partial charge in [-0.15, -0.1) is 0 Å². The van der Waals surface area contributed by atoms with Gasteiger partial charge in [0.05, 0.1) is 11.4 Å². The van der Waals surface area contributed by atoms with E-state index in [0.717, 1.165) is 25.7 Å². The minimum atomic E-state index is -1.06. The van der Waals surface area contributed by atoms with E-state index in [9.17, 15) is 19.8 Å². The van der Waals surface area contributed by atoms with Gasteiger partial charge in [0.25, 0.3) is 5.91 Å². The fourth-order valence-corrected chi connectivity index (χ4v) is 4.94. The first-order chi connectivity index (χ1) is 14.8. The van der Waals surface area contributed by atoms with Gasteiger partial charge in [-0.05, 0) is 61.2 Å². The van der Waals surface area contributed by atoms with E-state index < -0.39 is 29.4 Å². The Kier molecular flexibility index (Phi) is 5.75. The molecule has 31 heavy (non-hydrogen) atoms. The highest BCUT2D eigenvalue weighted by Crippen LogP contribution is 2.41. The minimum absolute atomic E-state index is 0.00906. The number of benzene rings is 2. The number of phenols is 1. The Labute approximate surface area is 184 Å². The molecular formula is C24H23ClFNO4. The number of nitrogens with zero attached hydrogens (tertiary/aromatic N) is 1. The number of aromatic hydroxyl groups is 1. The van der Waals surface area contributed by atoms with Gasteiger partial charge in [-0.1, -0.05) is 37.3 Å². The number of aromatic nitrogens is 1. The van der Waals surface area contributed by atoms with Crippen LogP contribution in [0.2, 0.25) is 5.02 Å². The molecule has 7 heteroatoms. The maximum Gasteiger partial charge on any atom is 0.311 e. The van der Waals surface area contributed by atoms with Crippen LogP contribution >= 0.6 is 11.6 Å². The molecule has 162 valence electrons. The number of halogens is 2. The van der Waals surface area contributed by atoms with Gasteiger partial charge in [0, 0.05) is 21.7 Å². The second kappa shape index (κ2) is 8.35. The molecule has 0 radical (unpaired) electrons. The molecule has 2 N–H and O–H groups in total. The van der Waals surface area contributed by atoms with Crippen LogP contribution in [0.4, 0.5) is 4.39 Å². The van der Waals surface area contributed by atoms with Crippen molar-refractivity contribution in [1.29, 1.82) is 0 Å². The van der Waals surface area contributed by atoms with Gasteiger partial charge in [0.15, 0.2) is 11.6 Å². The summed E-state index contributed by atoms with van der Waals surface area (Å²) in [4.78, 5) is 25.6. The molecule has 1 fully saturated rings. The second-order valence-electron chi connectivity index (χ2n) is 8.22. The second-order valence-corrected chi connectivity index (χ2v) is 8.65. The van der Waals surface area contributed by atoms with E-state index >= 15 is 4.39 Å². The van der Waals surface area contributed by atoms with Crippen LogP contribution in [0.1, 0.15) is 59.6 Å². The molecule has 0 amide bonds. The maximum absolute atomic E-state index is 15.1. The lowest BCUT2D eigenvalue weighted by Crippen LogP contribution is -2.18. The molecule has 0 bridgehead atoms. The number of carbonyl (C=O) groups is 2. The molecule has 1 heterocycles. The number of carboxylic acid groups (broad SMARTS) is 1. The molecular weight excluding hydrogens is 421 g/mol. The van der Waals surface area contributed by atoms with Gasteiger partial charge in [0.2, 0.25) is 0 Å². The molecule has 3 aromatic rings. The maximum atomic E-state index is 15.1. The summed E-state index contributed by atoms with van der Waals surface area (Å²) in [5, 5.41) is 20.5. The van der Waals surface area contributed by atoms with Crippen molar-refractivity contribution in [2.24, 2.45) is 5.92 Å². The van der Waals surface area contributed by atoms with E-state index in [4.69, 9.17) is 11.6 Å². The van der Waals surface area contributed by atoms with Crippen molar-refractivity contribution in [3.63, 3.8) is 0 Å². The smallest absolute Gasteiger partial charge is 0.311 e. The number of carboxylic acids is 1. The highest BCUT2D eigenvalue weighted by atomic mass is 35.5. The average Bonchev–Trinajstić information content (AvgIpc) is 3.35. The van der Waals surface area contributed by atoms with Crippen LogP contribution in [-0.4, -0.2) is 26.7 Å².